The van der Waals surface area contributed by atoms with Crippen LogP contribution < -0.4 is 10.6 Å². The molecule has 0 saturated heterocycles. The van der Waals surface area contributed by atoms with E-state index >= 15 is 0 Å². The summed E-state index contributed by atoms with van der Waals surface area (Å²) in [7, 11) is 0. The molecule has 0 radical (unpaired) electrons. The Morgan fingerprint density at radius 2 is 1.60 bits per heavy atom. The van der Waals surface area contributed by atoms with E-state index in [1.54, 1.807) is 30.3 Å². The molecule has 0 atom stereocenters. The molecule has 0 aliphatic heterocycles. The van der Waals surface area contributed by atoms with Crippen LogP contribution in [0.25, 0.3) is 0 Å². The van der Waals surface area contributed by atoms with Crippen LogP contribution in [-0.4, -0.2) is 11.8 Å². The highest BCUT2D eigenvalue weighted by molar-refractivity contribution is 5.94. The topological polar surface area (TPSA) is 82.0 Å². The van der Waals surface area contributed by atoms with Crippen LogP contribution in [0.5, 0.6) is 0 Å². The molecule has 1 aromatic rings. The van der Waals surface area contributed by atoms with Gasteiger partial charge in [0, 0.05) is 17.3 Å². The summed E-state index contributed by atoms with van der Waals surface area (Å²) in [5.41, 5.74) is 1.30. The molecule has 0 bridgehead atoms. The third kappa shape index (κ3) is 4.73. The van der Waals surface area contributed by atoms with Crippen molar-refractivity contribution < 1.29 is 9.59 Å². The lowest BCUT2D eigenvalue weighted by Gasteiger charge is -2.13. The van der Waals surface area contributed by atoms with Crippen molar-refractivity contribution in [3.63, 3.8) is 0 Å². The molecular formula is C15H19N3O2. The number of amides is 2. The smallest absolute Gasteiger partial charge is 0.238 e. The van der Waals surface area contributed by atoms with Gasteiger partial charge >= 0.3 is 0 Å². The van der Waals surface area contributed by atoms with Gasteiger partial charge in [0.2, 0.25) is 11.8 Å². The molecule has 2 amide bonds. The number of anilines is 2. The largest absolute Gasteiger partial charge is 0.326 e. The molecular weight excluding hydrogens is 254 g/mol. The van der Waals surface area contributed by atoms with Gasteiger partial charge < -0.3 is 10.6 Å². The molecule has 0 aliphatic carbocycles. The summed E-state index contributed by atoms with van der Waals surface area (Å²) in [5, 5.41) is 13.8. The number of nitrogens with one attached hydrogen (secondary N) is 2. The quantitative estimate of drug-likeness (QED) is 0.836. The fraction of sp³-hybridized carbons (Fsp3) is 0.400. The van der Waals surface area contributed by atoms with E-state index in [4.69, 9.17) is 5.26 Å². The summed E-state index contributed by atoms with van der Waals surface area (Å²) >= 11 is 0. The van der Waals surface area contributed by atoms with Gasteiger partial charge in [-0.2, -0.15) is 5.26 Å². The molecule has 1 aromatic carbocycles. The van der Waals surface area contributed by atoms with Crippen LogP contribution in [0.15, 0.2) is 24.3 Å². The van der Waals surface area contributed by atoms with E-state index in [2.05, 4.69) is 10.6 Å². The SMILES string of the molecule is CCC(CC)C(=O)Nc1ccc(NC(=O)CC#N)cc1. The van der Waals surface area contributed by atoms with Crippen LogP contribution in [0.4, 0.5) is 11.4 Å². The van der Waals surface area contributed by atoms with Gasteiger partial charge in [-0.05, 0) is 37.1 Å². The van der Waals surface area contributed by atoms with Gasteiger partial charge in [0.05, 0.1) is 6.07 Å². The van der Waals surface area contributed by atoms with Crippen molar-refractivity contribution in [2.45, 2.75) is 33.1 Å². The maximum absolute atomic E-state index is 11.9. The van der Waals surface area contributed by atoms with Crippen molar-refractivity contribution in [3.05, 3.63) is 24.3 Å². The Labute approximate surface area is 119 Å². The third-order valence-electron chi connectivity index (χ3n) is 3.03. The highest BCUT2D eigenvalue weighted by Gasteiger charge is 2.13. The lowest BCUT2D eigenvalue weighted by atomic mass is 10.0. The third-order valence-corrected chi connectivity index (χ3v) is 3.03. The summed E-state index contributed by atoms with van der Waals surface area (Å²) in [6, 6.07) is 8.61. The Balaban J connectivity index is 2.61. The minimum Gasteiger partial charge on any atom is -0.326 e. The molecule has 2 N–H and O–H groups in total. The van der Waals surface area contributed by atoms with Crippen LogP contribution in [-0.2, 0) is 9.59 Å². The first-order valence-electron chi connectivity index (χ1n) is 6.68. The highest BCUT2D eigenvalue weighted by atomic mass is 16.2. The van der Waals surface area contributed by atoms with E-state index in [0.717, 1.165) is 12.8 Å². The minimum absolute atomic E-state index is 0.0104. The molecule has 0 saturated carbocycles. The molecule has 106 valence electrons. The standard InChI is InChI=1S/C15H19N3O2/c1-3-11(4-2)15(20)18-13-7-5-12(6-8-13)17-14(19)9-10-16/h5-8,11H,3-4,9H2,1-2H3,(H,17,19)(H,18,20). The highest BCUT2D eigenvalue weighted by Crippen LogP contribution is 2.16. The van der Waals surface area contributed by atoms with Gasteiger partial charge in [0.1, 0.15) is 6.42 Å². The fourth-order valence-corrected chi connectivity index (χ4v) is 1.82. The Bertz CT molecular complexity index is 499. The second-order valence-corrected chi connectivity index (χ2v) is 4.46. The molecule has 5 heteroatoms. The number of carbonyl (C=O) groups is 2. The molecule has 0 unspecified atom stereocenters. The van der Waals surface area contributed by atoms with Crippen LogP contribution >= 0.6 is 0 Å². The lowest BCUT2D eigenvalue weighted by molar-refractivity contribution is -0.120. The van der Waals surface area contributed by atoms with Crippen molar-refractivity contribution in [2.75, 3.05) is 10.6 Å². The van der Waals surface area contributed by atoms with Crippen LogP contribution in [0.3, 0.4) is 0 Å². The van der Waals surface area contributed by atoms with E-state index in [9.17, 15) is 9.59 Å². The summed E-state index contributed by atoms with van der Waals surface area (Å²) < 4.78 is 0. The van der Waals surface area contributed by atoms with Crippen LogP contribution in [0.2, 0.25) is 0 Å². The van der Waals surface area contributed by atoms with Gasteiger partial charge in [0.25, 0.3) is 0 Å². The average molecular weight is 273 g/mol. The van der Waals surface area contributed by atoms with Gasteiger partial charge in [-0.3, -0.25) is 9.59 Å². The van der Waals surface area contributed by atoms with Crippen molar-refractivity contribution in [2.24, 2.45) is 5.92 Å². The minimum atomic E-state index is -0.346. The molecule has 1 rings (SSSR count). The second-order valence-electron chi connectivity index (χ2n) is 4.46. The summed E-state index contributed by atoms with van der Waals surface area (Å²) in [5.74, 6) is -0.317. The van der Waals surface area contributed by atoms with E-state index in [1.807, 2.05) is 13.8 Å². The number of rotatable bonds is 6. The predicted molar refractivity (Wildman–Crippen MR) is 78.0 cm³/mol. The van der Waals surface area contributed by atoms with Crippen molar-refractivity contribution >= 4 is 23.2 Å². The number of benzene rings is 1. The molecule has 5 nitrogen and oxygen atoms in total. The Kier molecular flexibility index (Phi) is 6.24. The zero-order chi connectivity index (χ0) is 15.0. The maximum atomic E-state index is 11.9. The molecule has 0 aromatic heterocycles. The normalized spacial score (nSPS) is 9.90. The first-order chi connectivity index (χ1) is 9.60. The Hall–Kier alpha value is -2.35. The van der Waals surface area contributed by atoms with E-state index in [-0.39, 0.29) is 24.2 Å². The zero-order valence-corrected chi connectivity index (χ0v) is 11.8. The van der Waals surface area contributed by atoms with Crippen molar-refractivity contribution in [3.8, 4) is 6.07 Å². The van der Waals surface area contributed by atoms with Crippen molar-refractivity contribution in [1.29, 1.82) is 5.26 Å². The van der Waals surface area contributed by atoms with E-state index in [0.29, 0.717) is 11.4 Å². The van der Waals surface area contributed by atoms with Gasteiger partial charge in [0.15, 0.2) is 0 Å². The number of hydrogen-bond acceptors (Lipinski definition) is 3. The molecule has 0 heterocycles. The average Bonchev–Trinajstić information content (AvgIpc) is 2.42. The first kappa shape index (κ1) is 15.7. The Morgan fingerprint density at radius 1 is 1.10 bits per heavy atom. The van der Waals surface area contributed by atoms with Crippen LogP contribution in [0, 0.1) is 17.2 Å². The zero-order valence-electron chi connectivity index (χ0n) is 11.8. The monoisotopic (exact) mass is 273 g/mol. The summed E-state index contributed by atoms with van der Waals surface area (Å²) in [6.07, 6.45) is 1.45. The van der Waals surface area contributed by atoms with Gasteiger partial charge in [-0.25, -0.2) is 0 Å². The lowest BCUT2D eigenvalue weighted by Crippen LogP contribution is -2.21. The second kappa shape index (κ2) is 7.95. The Morgan fingerprint density at radius 3 is 2.05 bits per heavy atom. The summed E-state index contributed by atoms with van der Waals surface area (Å²) in [6.45, 7) is 3.98. The van der Waals surface area contributed by atoms with E-state index in [1.165, 1.54) is 0 Å². The number of hydrogen-bond donors (Lipinski definition) is 2. The number of carbonyl (C=O) groups excluding carboxylic acids is 2. The number of nitrogens with zero attached hydrogens (tertiary/aromatic N) is 1. The van der Waals surface area contributed by atoms with Crippen molar-refractivity contribution in [1.82, 2.24) is 0 Å². The summed E-state index contributed by atoms with van der Waals surface area (Å²) in [4.78, 5) is 23.1. The van der Waals surface area contributed by atoms with Crippen LogP contribution in [0.1, 0.15) is 33.1 Å². The number of nitriles is 1. The fourth-order valence-electron chi connectivity index (χ4n) is 1.82. The first-order valence-corrected chi connectivity index (χ1v) is 6.68. The van der Waals surface area contributed by atoms with E-state index < -0.39 is 0 Å². The predicted octanol–water partition coefficient (Wildman–Crippen LogP) is 2.91. The molecule has 0 fully saturated rings. The molecule has 0 spiro atoms. The van der Waals surface area contributed by atoms with Gasteiger partial charge in [-0.1, -0.05) is 13.8 Å². The molecule has 0 aliphatic rings. The van der Waals surface area contributed by atoms with Gasteiger partial charge in [-0.15, -0.1) is 0 Å². The maximum Gasteiger partial charge on any atom is 0.238 e. The molecule has 20 heavy (non-hydrogen) atoms.